The molecule has 0 fully saturated rings. The summed E-state index contributed by atoms with van der Waals surface area (Å²) in [5.74, 6) is 0.00573. The van der Waals surface area contributed by atoms with Gasteiger partial charge in [0.05, 0.1) is 11.4 Å². The van der Waals surface area contributed by atoms with Crippen molar-refractivity contribution < 1.29 is 15.3 Å². The zero-order valence-corrected chi connectivity index (χ0v) is 12.8. The molecular weight excluding hydrogens is 304 g/mol. The van der Waals surface area contributed by atoms with Gasteiger partial charge in [-0.3, -0.25) is 0 Å². The Morgan fingerprint density at radius 2 is 1.00 bits per heavy atom. The maximum absolute atomic E-state index is 9.67. The van der Waals surface area contributed by atoms with Crippen molar-refractivity contribution in [2.75, 3.05) is 11.5 Å². The summed E-state index contributed by atoms with van der Waals surface area (Å²) < 4.78 is 0. The van der Waals surface area contributed by atoms with E-state index in [1.54, 1.807) is 48.5 Å². The largest absolute Gasteiger partial charge is 0.508 e. The van der Waals surface area contributed by atoms with E-state index in [4.69, 9.17) is 11.5 Å². The fraction of sp³-hybridized carbons (Fsp3) is 0.0526. The molecule has 0 aliphatic carbocycles. The first kappa shape index (κ1) is 15.6. The van der Waals surface area contributed by atoms with Gasteiger partial charge in [0.1, 0.15) is 17.2 Å². The highest BCUT2D eigenvalue weighted by atomic mass is 16.3. The molecule has 0 aliphatic rings. The average molecular weight is 322 g/mol. The second kappa shape index (κ2) is 6.04. The molecule has 0 saturated carbocycles. The zero-order chi connectivity index (χ0) is 17.3. The minimum atomic E-state index is -0.212. The van der Waals surface area contributed by atoms with Gasteiger partial charge in [0.2, 0.25) is 0 Å². The normalized spacial score (nSPS) is 10.9. The first-order chi connectivity index (χ1) is 11.5. The van der Waals surface area contributed by atoms with E-state index in [2.05, 4.69) is 0 Å². The maximum atomic E-state index is 9.67. The van der Waals surface area contributed by atoms with Gasteiger partial charge in [-0.2, -0.15) is 0 Å². The van der Waals surface area contributed by atoms with Crippen molar-refractivity contribution in [2.24, 2.45) is 0 Å². The number of nitrogens with two attached hydrogens (primary N) is 2. The number of aromatic hydroxyl groups is 3. The van der Waals surface area contributed by atoms with Gasteiger partial charge in [-0.1, -0.05) is 24.3 Å². The fourth-order valence-electron chi connectivity index (χ4n) is 2.75. The third-order valence-electron chi connectivity index (χ3n) is 4.00. The van der Waals surface area contributed by atoms with Crippen molar-refractivity contribution in [3.05, 3.63) is 77.4 Å². The van der Waals surface area contributed by atoms with Crippen molar-refractivity contribution >= 4 is 11.4 Å². The van der Waals surface area contributed by atoms with Crippen LogP contribution in [-0.4, -0.2) is 15.3 Å². The molecule has 24 heavy (non-hydrogen) atoms. The van der Waals surface area contributed by atoms with Crippen LogP contribution in [0.2, 0.25) is 0 Å². The van der Waals surface area contributed by atoms with Gasteiger partial charge < -0.3 is 26.8 Å². The number of phenols is 3. The Labute approximate surface area is 139 Å². The highest BCUT2D eigenvalue weighted by Gasteiger charge is 2.19. The van der Waals surface area contributed by atoms with Crippen LogP contribution in [0.3, 0.4) is 0 Å². The van der Waals surface area contributed by atoms with Crippen molar-refractivity contribution in [3.63, 3.8) is 0 Å². The number of hydrogen-bond donors (Lipinski definition) is 5. The topological polar surface area (TPSA) is 113 Å². The molecule has 0 heterocycles. The number of phenolic OH excluding ortho intramolecular Hbond substituents is 3. The second-order valence-corrected chi connectivity index (χ2v) is 5.66. The summed E-state index contributed by atoms with van der Waals surface area (Å²) in [6.07, 6.45) is 0. The number of rotatable bonds is 3. The molecule has 0 aliphatic heterocycles. The van der Waals surface area contributed by atoms with E-state index >= 15 is 0 Å². The van der Waals surface area contributed by atoms with Gasteiger partial charge in [-0.15, -0.1) is 0 Å². The molecule has 0 bridgehead atoms. The summed E-state index contributed by atoms with van der Waals surface area (Å²) >= 11 is 0. The average Bonchev–Trinajstić information content (AvgIpc) is 2.56. The van der Waals surface area contributed by atoms with Crippen molar-refractivity contribution in [1.29, 1.82) is 0 Å². The number of anilines is 2. The van der Waals surface area contributed by atoms with E-state index in [1.807, 2.05) is 12.1 Å². The molecule has 0 aromatic heterocycles. The minimum absolute atomic E-state index is 0.0217. The Hall–Kier alpha value is -3.34. The molecule has 5 heteroatoms. The standard InChI is InChI=1S/C19H18N2O3/c20-15-9-12(3-7-17(15)23)19(11-1-5-14(22)6-2-11)13-4-8-18(24)16(21)10-13/h1-10,19,22-24H,20-21H2. The third-order valence-corrected chi connectivity index (χ3v) is 4.00. The first-order valence-corrected chi connectivity index (χ1v) is 7.41. The maximum Gasteiger partial charge on any atom is 0.138 e. The number of nitrogen functional groups attached to an aromatic ring is 2. The second-order valence-electron chi connectivity index (χ2n) is 5.66. The summed E-state index contributed by atoms with van der Waals surface area (Å²) in [7, 11) is 0. The van der Waals surface area contributed by atoms with Crippen LogP contribution in [-0.2, 0) is 0 Å². The van der Waals surface area contributed by atoms with Crippen LogP contribution in [0.15, 0.2) is 60.7 Å². The van der Waals surface area contributed by atoms with E-state index in [1.165, 1.54) is 0 Å². The SMILES string of the molecule is Nc1cc(C(c2ccc(O)cc2)c2ccc(O)c(N)c2)ccc1O. The zero-order valence-electron chi connectivity index (χ0n) is 12.8. The van der Waals surface area contributed by atoms with Crippen LogP contribution in [0.5, 0.6) is 17.2 Å². The van der Waals surface area contributed by atoms with Crippen molar-refractivity contribution in [3.8, 4) is 17.2 Å². The molecule has 122 valence electrons. The lowest BCUT2D eigenvalue weighted by Crippen LogP contribution is -2.05. The van der Waals surface area contributed by atoms with Gasteiger partial charge in [0, 0.05) is 5.92 Å². The summed E-state index contributed by atoms with van der Waals surface area (Å²) in [6, 6.07) is 16.9. The Kier molecular flexibility index (Phi) is 3.92. The van der Waals surface area contributed by atoms with E-state index in [0.717, 1.165) is 16.7 Å². The molecular formula is C19H18N2O3. The number of benzene rings is 3. The molecule has 3 aromatic carbocycles. The highest BCUT2D eigenvalue weighted by molar-refractivity contribution is 5.60. The quantitative estimate of drug-likeness (QED) is 0.289. The summed E-state index contributed by atoms with van der Waals surface area (Å²) in [6.45, 7) is 0. The lowest BCUT2D eigenvalue weighted by atomic mass is 9.84. The molecule has 3 aromatic rings. The van der Waals surface area contributed by atoms with Crippen molar-refractivity contribution in [1.82, 2.24) is 0 Å². The van der Waals surface area contributed by atoms with Crippen LogP contribution < -0.4 is 11.5 Å². The minimum Gasteiger partial charge on any atom is -0.508 e. The van der Waals surface area contributed by atoms with Crippen LogP contribution in [0.1, 0.15) is 22.6 Å². The molecule has 3 rings (SSSR count). The molecule has 0 amide bonds. The Morgan fingerprint density at radius 3 is 1.42 bits per heavy atom. The lowest BCUT2D eigenvalue weighted by Gasteiger charge is -2.20. The predicted molar refractivity (Wildman–Crippen MR) is 94.1 cm³/mol. The Balaban J connectivity index is 2.17. The van der Waals surface area contributed by atoms with Crippen LogP contribution in [0.25, 0.3) is 0 Å². The summed E-state index contributed by atoms with van der Waals surface area (Å²) in [5, 5.41) is 28.9. The van der Waals surface area contributed by atoms with Crippen LogP contribution in [0, 0.1) is 0 Å². The lowest BCUT2D eigenvalue weighted by molar-refractivity contribution is 0.475. The van der Waals surface area contributed by atoms with E-state index in [-0.39, 0.29) is 34.5 Å². The molecule has 0 radical (unpaired) electrons. The van der Waals surface area contributed by atoms with Gasteiger partial charge >= 0.3 is 0 Å². The smallest absolute Gasteiger partial charge is 0.138 e. The monoisotopic (exact) mass is 322 g/mol. The molecule has 0 spiro atoms. The van der Waals surface area contributed by atoms with Crippen LogP contribution >= 0.6 is 0 Å². The first-order valence-electron chi connectivity index (χ1n) is 7.41. The van der Waals surface area contributed by atoms with Gasteiger partial charge in [-0.25, -0.2) is 0 Å². The summed E-state index contributed by atoms with van der Waals surface area (Å²) in [4.78, 5) is 0. The molecule has 0 unspecified atom stereocenters. The Bertz CT molecular complexity index is 825. The van der Waals surface area contributed by atoms with E-state index in [9.17, 15) is 15.3 Å². The molecule has 5 nitrogen and oxygen atoms in total. The fourth-order valence-corrected chi connectivity index (χ4v) is 2.75. The van der Waals surface area contributed by atoms with Gasteiger partial charge in [-0.05, 0) is 53.1 Å². The summed E-state index contributed by atoms with van der Waals surface area (Å²) in [5.41, 5.74) is 14.9. The van der Waals surface area contributed by atoms with E-state index < -0.39 is 0 Å². The predicted octanol–water partition coefficient (Wildman–Crippen LogP) is 3.15. The van der Waals surface area contributed by atoms with Crippen LogP contribution in [0.4, 0.5) is 11.4 Å². The number of hydrogen-bond acceptors (Lipinski definition) is 5. The molecule has 0 atom stereocenters. The molecule has 0 saturated heterocycles. The molecule has 7 N–H and O–H groups in total. The van der Waals surface area contributed by atoms with Gasteiger partial charge in [0.25, 0.3) is 0 Å². The van der Waals surface area contributed by atoms with E-state index in [0.29, 0.717) is 0 Å². The Morgan fingerprint density at radius 1 is 0.583 bits per heavy atom. The van der Waals surface area contributed by atoms with Gasteiger partial charge in [0.15, 0.2) is 0 Å². The third kappa shape index (κ3) is 2.92. The van der Waals surface area contributed by atoms with Crippen molar-refractivity contribution in [2.45, 2.75) is 5.92 Å². The highest BCUT2D eigenvalue weighted by Crippen LogP contribution is 2.37.